The van der Waals surface area contributed by atoms with Crippen LogP contribution in [-0.2, 0) is 17.8 Å². The summed E-state index contributed by atoms with van der Waals surface area (Å²) in [6, 6.07) is 15.8. The molecule has 1 aromatic heterocycles. The lowest BCUT2D eigenvalue weighted by Crippen LogP contribution is -2.36. The first-order valence-corrected chi connectivity index (χ1v) is 10.9. The highest BCUT2D eigenvalue weighted by molar-refractivity contribution is 5.81. The molecule has 31 heavy (non-hydrogen) atoms. The molecule has 0 aliphatic carbocycles. The zero-order valence-electron chi connectivity index (χ0n) is 19.0. The zero-order valence-corrected chi connectivity index (χ0v) is 19.0. The van der Waals surface area contributed by atoms with Crippen molar-refractivity contribution >= 4 is 16.9 Å². The summed E-state index contributed by atoms with van der Waals surface area (Å²) in [6.07, 6.45) is 2.63. The summed E-state index contributed by atoms with van der Waals surface area (Å²) in [7, 11) is 1.66. The van der Waals surface area contributed by atoms with Crippen LogP contribution in [0.1, 0.15) is 39.4 Å². The molecule has 0 saturated carbocycles. The van der Waals surface area contributed by atoms with Crippen LogP contribution in [0.3, 0.4) is 0 Å². The number of carbonyl (C=O) groups excluding carboxylic acids is 1. The average Bonchev–Trinajstić information content (AvgIpc) is 3.10. The maximum absolute atomic E-state index is 12.1. The number of nitrogens with one attached hydrogen (secondary N) is 1. The number of benzene rings is 2. The minimum atomic E-state index is -0.385. The first-order valence-electron chi connectivity index (χ1n) is 10.9. The van der Waals surface area contributed by atoms with Crippen LogP contribution in [0.4, 0.5) is 0 Å². The molecule has 0 fully saturated rings. The zero-order chi connectivity index (χ0) is 22.3. The molecule has 0 unspecified atom stereocenters. The van der Waals surface area contributed by atoms with Crippen LogP contribution >= 0.6 is 0 Å². The number of nitrogens with zero attached hydrogens (tertiary/aromatic N) is 2. The third-order valence-corrected chi connectivity index (χ3v) is 5.15. The molecule has 0 radical (unpaired) electrons. The Labute approximate surface area is 184 Å². The van der Waals surface area contributed by atoms with E-state index in [1.165, 1.54) is 0 Å². The Kier molecular flexibility index (Phi) is 7.55. The summed E-state index contributed by atoms with van der Waals surface area (Å²) in [5.41, 5.74) is 1.74. The quantitative estimate of drug-likeness (QED) is 0.484. The van der Waals surface area contributed by atoms with Crippen LogP contribution in [0.2, 0.25) is 0 Å². The van der Waals surface area contributed by atoms with Gasteiger partial charge in [0.15, 0.2) is 0 Å². The number of hydrogen-bond acceptors (Lipinski definition) is 4. The molecule has 1 amide bonds. The normalized spacial score (nSPS) is 11.5. The fourth-order valence-electron chi connectivity index (χ4n) is 3.35. The number of ether oxygens (including phenoxy) is 2. The van der Waals surface area contributed by atoms with Crippen LogP contribution in [0, 0.1) is 5.41 Å². The van der Waals surface area contributed by atoms with Gasteiger partial charge in [0, 0.05) is 24.9 Å². The van der Waals surface area contributed by atoms with Crippen molar-refractivity contribution in [2.45, 2.75) is 46.6 Å². The van der Waals surface area contributed by atoms with E-state index in [1.807, 2.05) is 63.2 Å². The molecule has 0 bridgehead atoms. The number of unbranched alkanes of at least 4 members (excludes halogenated alkanes) is 1. The van der Waals surface area contributed by atoms with Gasteiger partial charge in [-0.1, -0.05) is 32.9 Å². The number of imidazole rings is 1. The van der Waals surface area contributed by atoms with Crippen LogP contribution in [-0.4, -0.2) is 35.7 Å². The van der Waals surface area contributed by atoms with E-state index in [0.717, 1.165) is 47.7 Å². The molecule has 6 nitrogen and oxygen atoms in total. The lowest BCUT2D eigenvalue weighted by molar-refractivity contribution is -0.128. The van der Waals surface area contributed by atoms with E-state index >= 15 is 0 Å². The summed E-state index contributed by atoms with van der Waals surface area (Å²) < 4.78 is 13.3. The molecule has 6 heteroatoms. The van der Waals surface area contributed by atoms with Crippen molar-refractivity contribution in [2.24, 2.45) is 5.41 Å². The van der Waals surface area contributed by atoms with E-state index in [1.54, 1.807) is 7.11 Å². The third kappa shape index (κ3) is 6.23. The molecule has 0 aliphatic heterocycles. The molecular weight excluding hydrogens is 390 g/mol. The molecule has 1 N–H and O–H groups in total. The highest BCUT2D eigenvalue weighted by Gasteiger charge is 2.20. The number of rotatable bonds is 10. The maximum Gasteiger partial charge on any atom is 0.225 e. The van der Waals surface area contributed by atoms with Gasteiger partial charge in [0.1, 0.15) is 17.3 Å². The second-order valence-corrected chi connectivity index (χ2v) is 8.66. The summed E-state index contributed by atoms with van der Waals surface area (Å²) in [6.45, 7) is 7.88. The molecule has 0 aliphatic rings. The van der Waals surface area contributed by atoms with Gasteiger partial charge in [0.05, 0.1) is 24.8 Å². The summed E-state index contributed by atoms with van der Waals surface area (Å²) in [4.78, 5) is 17.0. The molecule has 2 aromatic carbocycles. The van der Waals surface area contributed by atoms with Gasteiger partial charge < -0.3 is 19.4 Å². The molecule has 0 saturated heterocycles. The van der Waals surface area contributed by atoms with Crippen molar-refractivity contribution in [3.8, 4) is 11.5 Å². The average molecular weight is 424 g/mol. The minimum absolute atomic E-state index is 0.0610. The molecule has 3 aromatic rings. The number of hydrogen-bond donors (Lipinski definition) is 1. The van der Waals surface area contributed by atoms with Gasteiger partial charge >= 0.3 is 0 Å². The van der Waals surface area contributed by atoms with Crippen LogP contribution in [0.25, 0.3) is 11.0 Å². The summed E-state index contributed by atoms with van der Waals surface area (Å²) >= 11 is 0. The lowest BCUT2D eigenvalue weighted by Gasteiger charge is -2.17. The Morgan fingerprint density at radius 3 is 2.45 bits per heavy atom. The first kappa shape index (κ1) is 22.7. The monoisotopic (exact) mass is 423 g/mol. The fraction of sp³-hybridized carbons (Fsp3) is 0.440. The van der Waals surface area contributed by atoms with Crippen molar-refractivity contribution in [2.75, 3.05) is 20.3 Å². The first-order chi connectivity index (χ1) is 14.9. The second-order valence-electron chi connectivity index (χ2n) is 8.66. The van der Waals surface area contributed by atoms with E-state index in [9.17, 15) is 4.79 Å². The van der Waals surface area contributed by atoms with Crippen LogP contribution in [0.15, 0.2) is 48.5 Å². The Morgan fingerprint density at radius 1 is 1.03 bits per heavy atom. The van der Waals surface area contributed by atoms with E-state index < -0.39 is 0 Å². The maximum atomic E-state index is 12.1. The van der Waals surface area contributed by atoms with Crippen molar-refractivity contribution in [3.63, 3.8) is 0 Å². The van der Waals surface area contributed by atoms with E-state index in [4.69, 9.17) is 14.5 Å². The standard InChI is InChI=1S/C25H33N3O3/c1-25(2,3)24(29)26-16-15-23-27-21-9-5-6-10-22(21)28(23)17-7-8-18-31-20-13-11-19(30-4)12-14-20/h5-6,9-14H,7-8,15-18H2,1-4H3,(H,26,29). The van der Waals surface area contributed by atoms with E-state index in [-0.39, 0.29) is 11.3 Å². The predicted octanol–water partition coefficient (Wildman–Crippen LogP) is 4.61. The molecular formula is C25H33N3O3. The topological polar surface area (TPSA) is 65.4 Å². The number of methoxy groups -OCH3 is 1. The Bertz CT molecular complexity index is 987. The van der Waals surface area contributed by atoms with Gasteiger partial charge in [-0.15, -0.1) is 0 Å². The lowest BCUT2D eigenvalue weighted by atomic mass is 9.96. The second kappa shape index (κ2) is 10.3. The van der Waals surface area contributed by atoms with Gasteiger partial charge in [-0.3, -0.25) is 4.79 Å². The number of para-hydroxylation sites is 2. The van der Waals surface area contributed by atoms with Crippen molar-refractivity contribution < 1.29 is 14.3 Å². The fourth-order valence-corrected chi connectivity index (χ4v) is 3.35. The van der Waals surface area contributed by atoms with Gasteiger partial charge in [-0.25, -0.2) is 4.98 Å². The highest BCUT2D eigenvalue weighted by Crippen LogP contribution is 2.19. The smallest absolute Gasteiger partial charge is 0.225 e. The molecule has 166 valence electrons. The molecule has 1 heterocycles. The van der Waals surface area contributed by atoms with Crippen molar-refractivity contribution in [1.29, 1.82) is 0 Å². The molecule has 0 atom stereocenters. The van der Waals surface area contributed by atoms with Gasteiger partial charge in [0.2, 0.25) is 5.91 Å². The van der Waals surface area contributed by atoms with Crippen LogP contribution < -0.4 is 14.8 Å². The highest BCUT2D eigenvalue weighted by atomic mass is 16.5. The number of fused-ring (bicyclic) bond motifs is 1. The van der Waals surface area contributed by atoms with Gasteiger partial charge in [0.25, 0.3) is 0 Å². The van der Waals surface area contributed by atoms with Crippen LogP contribution in [0.5, 0.6) is 11.5 Å². The van der Waals surface area contributed by atoms with E-state index in [2.05, 4.69) is 16.0 Å². The number of aromatic nitrogens is 2. The Morgan fingerprint density at radius 2 is 1.74 bits per heavy atom. The number of carbonyl (C=O) groups is 1. The van der Waals surface area contributed by atoms with Gasteiger partial charge in [-0.2, -0.15) is 0 Å². The Hall–Kier alpha value is -3.02. The summed E-state index contributed by atoms with van der Waals surface area (Å²) in [5, 5.41) is 3.02. The minimum Gasteiger partial charge on any atom is -0.497 e. The predicted molar refractivity (Wildman–Crippen MR) is 124 cm³/mol. The SMILES string of the molecule is COc1ccc(OCCCCn2c(CCNC(=O)C(C)(C)C)nc3ccccc32)cc1. The largest absolute Gasteiger partial charge is 0.497 e. The summed E-state index contributed by atoms with van der Waals surface area (Å²) in [5.74, 6) is 2.74. The Balaban J connectivity index is 1.54. The van der Waals surface area contributed by atoms with Crippen molar-refractivity contribution in [1.82, 2.24) is 14.9 Å². The number of aryl methyl sites for hydroxylation is 1. The third-order valence-electron chi connectivity index (χ3n) is 5.15. The molecule has 0 spiro atoms. The van der Waals surface area contributed by atoms with E-state index in [0.29, 0.717) is 19.6 Å². The number of amides is 1. The molecule has 3 rings (SSSR count). The van der Waals surface area contributed by atoms with Crippen molar-refractivity contribution in [3.05, 3.63) is 54.4 Å². The van der Waals surface area contributed by atoms with Gasteiger partial charge in [-0.05, 0) is 49.2 Å².